The van der Waals surface area contributed by atoms with Gasteiger partial charge in [-0.3, -0.25) is 4.79 Å². The summed E-state index contributed by atoms with van der Waals surface area (Å²) in [5.74, 6) is -0.174. The van der Waals surface area contributed by atoms with Crippen molar-refractivity contribution in [1.82, 2.24) is 10.6 Å². The van der Waals surface area contributed by atoms with Gasteiger partial charge in [0, 0.05) is 12.5 Å². The van der Waals surface area contributed by atoms with Gasteiger partial charge in [-0.2, -0.15) is 0 Å². The van der Waals surface area contributed by atoms with Crippen LogP contribution >= 0.6 is 0 Å². The van der Waals surface area contributed by atoms with Gasteiger partial charge in [-0.05, 0) is 33.6 Å². The molecule has 0 aromatic rings. The number of carbonyl (C=O) groups is 2. The zero-order chi connectivity index (χ0) is 14.8. The Morgan fingerprint density at radius 3 is 2.70 bits per heavy atom. The van der Waals surface area contributed by atoms with Crippen LogP contribution in [0.25, 0.3) is 0 Å². The number of carbonyl (C=O) groups excluding carboxylic acids is 2. The summed E-state index contributed by atoms with van der Waals surface area (Å²) in [6.07, 6.45) is 1.64. The standard InChI is InChI=1S/C13H21N3O4/c1-13(2,3)19-12(18)14-7-9-6-10(16-20-9)11(17)15-8-4-5-8/h8-9H,4-7H2,1-3H3,(H,14,18)(H,15,17)/t9-/m1/s1. The molecule has 1 atom stereocenters. The summed E-state index contributed by atoms with van der Waals surface area (Å²) in [7, 11) is 0. The Hall–Kier alpha value is -1.79. The third kappa shape index (κ3) is 4.71. The monoisotopic (exact) mass is 283 g/mol. The van der Waals surface area contributed by atoms with Crippen molar-refractivity contribution in [3.63, 3.8) is 0 Å². The van der Waals surface area contributed by atoms with E-state index < -0.39 is 11.7 Å². The fourth-order valence-electron chi connectivity index (χ4n) is 1.68. The Labute approximate surface area is 118 Å². The highest BCUT2D eigenvalue weighted by atomic mass is 16.6. The van der Waals surface area contributed by atoms with Crippen LogP contribution in [0.15, 0.2) is 5.16 Å². The number of ether oxygens (including phenoxy) is 1. The van der Waals surface area contributed by atoms with Crippen molar-refractivity contribution in [3.8, 4) is 0 Å². The van der Waals surface area contributed by atoms with E-state index in [-0.39, 0.29) is 18.6 Å². The molecule has 1 aliphatic carbocycles. The SMILES string of the molecule is CC(C)(C)OC(=O)NC[C@H]1CC(C(=O)NC2CC2)=NO1. The zero-order valence-corrected chi connectivity index (χ0v) is 12.1. The van der Waals surface area contributed by atoms with E-state index in [0.717, 1.165) is 12.8 Å². The van der Waals surface area contributed by atoms with Gasteiger partial charge in [0.15, 0.2) is 6.10 Å². The van der Waals surface area contributed by atoms with Gasteiger partial charge in [0.1, 0.15) is 11.3 Å². The molecule has 2 aliphatic rings. The van der Waals surface area contributed by atoms with E-state index in [2.05, 4.69) is 15.8 Å². The summed E-state index contributed by atoms with van der Waals surface area (Å²) >= 11 is 0. The molecule has 2 N–H and O–H groups in total. The summed E-state index contributed by atoms with van der Waals surface area (Å²) in [6.45, 7) is 5.64. The Kier molecular flexibility index (Phi) is 4.15. The van der Waals surface area contributed by atoms with Gasteiger partial charge >= 0.3 is 6.09 Å². The normalized spacial score (nSPS) is 21.8. The van der Waals surface area contributed by atoms with E-state index in [1.54, 1.807) is 20.8 Å². The van der Waals surface area contributed by atoms with E-state index in [0.29, 0.717) is 18.2 Å². The first-order valence-electron chi connectivity index (χ1n) is 6.84. The lowest BCUT2D eigenvalue weighted by Gasteiger charge is -2.20. The first-order chi connectivity index (χ1) is 9.33. The van der Waals surface area contributed by atoms with Gasteiger partial charge in [0.05, 0.1) is 6.54 Å². The lowest BCUT2D eigenvalue weighted by atomic mass is 10.1. The molecule has 7 heteroatoms. The van der Waals surface area contributed by atoms with Crippen molar-refractivity contribution in [1.29, 1.82) is 0 Å². The number of rotatable bonds is 4. The summed E-state index contributed by atoms with van der Waals surface area (Å²) < 4.78 is 5.11. The molecule has 0 aromatic heterocycles. The van der Waals surface area contributed by atoms with Crippen LogP contribution in [0.4, 0.5) is 4.79 Å². The first kappa shape index (κ1) is 14.6. The predicted octanol–water partition coefficient (Wildman–Crippen LogP) is 0.935. The molecule has 0 bridgehead atoms. The molecule has 20 heavy (non-hydrogen) atoms. The van der Waals surface area contributed by atoms with E-state index in [4.69, 9.17) is 9.57 Å². The maximum Gasteiger partial charge on any atom is 0.407 e. The molecule has 1 heterocycles. The third-order valence-electron chi connectivity index (χ3n) is 2.78. The molecule has 0 saturated heterocycles. The summed E-state index contributed by atoms with van der Waals surface area (Å²) in [4.78, 5) is 28.3. The largest absolute Gasteiger partial charge is 0.444 e. The van der Waals surface area contributed by atoms with Crippen LogP contribution in [0.5, 0.6) is 0 Å². The fourth-order valence-corrected chi connectivity index (χ4v) is 1.68. The van der Waals surface area contributed by atoms with E-state index >= 15 is 0 Å². The van der Waals surface area contributed by atoms with Gasteiger partial charge in [0.25, 0.3) is 5.91 Å². The second-order valence-electron chi connectivity index (χ2n) is 6.10. The van der Waals surface area contributed by atoms with Crippen molar-refractivity contribution >= 4 is 17.7 Å². The number of hydrogen-bond donors (Lipinski definition) is 2. The summed E-state index contributed by atoms with van der Waals surface area (Å²) in [5, 5.41) is 9.22. The third-order valence-corrected chi connectivity index (χ3v) is 2.78. The zero-order valence-electron chi connectivity index (χ0n) is 12.1. The number of alkyl carbamates (subject to hydrolysis) is 1. The Morgan fingerprint density at radius 2 is 2.10 bits per heavy atom. The predicted molar refractivity (Wildman–Crippen MR) is 72.3 cm³/mol. The highest BCUT2D eigenvalue weighted by Gasteiger charge is 2.30. The molecule has 0 spiro atoms. The van der Waals surface area contributed by atoms with E-state index in [9.17, 15) is 9.59 Å². The minimum atomic E-state index is -0.535. The minimum Gasteiger partial charge on any atom is -0.444 e. The molecule has 2 rings (SSSR count). The van der Waals surface area contributed by atoms with Gasteiger partial charge in [-0.15, -0.1) is 0 Å². The number of nitrogens with zero attached hydrogens (tertiary/aromatic N) is 1. The number of nitrogens with one attached hydrogen (secondary N) is 2. The maximum absolute atomic E-state index is 11.7. The van der Waals surface area contributed by atoms with Gasteiger partial charge in [0.2, 0.25) is 0 Å². The molecule has 1 saturated carbocycles. The molecule has 0 unspecified atom stereocenters. The summed E-state index contributed by atoms with van der Waals surface area (Å²) in [5.41, 5.74) is -0.153. The van der Waals surface area contributed by atoms with Crippen LogP contribution in [0.1, 0.15) is 40.0 Å². The van der Waals surface area contributed by atoms with Crippen LogP contribution < -0.4 is 10.6 Å². The first-order valence-corrected chi connectivity index (χ1v) is 6.84. The van der Waals surface area contributed by atoms with Gasteiger partial charge in [-0.25, -0.2) is 4.79 Å². The molecule has 1 aliphatic heterocycles. The maximum atomic E-state index is 11.7. The van der Waals surface area contributed by atoms with Crippen molar-refractivity contribution in [2.75, 3.05) is 6.54 Å². The fraction of sp³-hybridized carbons (Fsp3) is 0.769. The van der Waals surface area contributed by atoms with E-state index in [1.165, 1.54) is 0 Å². The molecular weight excluding hydrogens is 262 g/mol. The van der Waals surface area contributed by atoms with Crippen LogP contribution in [0.3, 0.4) is 0 Å². The second-order valence-corrected chi connectivity index (χ2v) is 6.10. The van der Waals surface area contributed by atoms with Crippen LogP contribution in [-0.2, 0) is 14.4 Å². The van der Waals surface area contributed by atoms with Crippen molar-refractivity contribution in [3.05, 3.63) is 0 Å². The average molecular weight is 283 g/mol. The van der Waals surface area contributed by atoms with Crippen molar-refractivity contribution < 1.29 is 19.2 Å². The number of amides is 2. The van der Waals surface area contributed by atoms with Crippen LogP contribution in [0, 0.1) is 0 Å². The lowest BCUT2D eigenvalue weighted by Crippen LogP contribution is -2.38. The van der Waals surface area contributed by atoms with Crippen molar-refractivity contribution in [2.24, 2.45) is 5.16 Å². The Bertz CT molecular complexity index is 424. The summed E-state index contributed by atoms with van der Waals surface area (Å²) in [6, 6.07) is 0.295. The molecule has 0 radical (unpaired) electrons. The van der Waals surface area contributed by atoms with Crippen molar-refractivity contribution in [2.45, 2.75) is 57.8 Å². The van der Waals surface area contributed by atoms with Gasteiger partial charge < -0.3 is 20.2 Å². The Morgan fingerprint density at radius 1 is 1.40 bits per heavy atom. The van der Waals surface area contributed by atoms with Crippen LogP contribution in [-0.4, -0.2) is 42.0 Å². The molecule has 0 aromatic carbocycles. The second kappa shape index (κ2) is 5.68. The lowest BCUT2D eigenvalue weighted by molar-refractivity contribution is -0.115. The molecule has 1 fully saturated rings. The van der Waals surface area contributed by atoms with E-state index in [1.807, 2.05) is 0 Å². The average Bonchev–Trinajstić information content (AvgIpc) is 3.00. The molecule has 2 amide bonds. The minimum absolute atomic E-state index is 0.174. The highest BCUT2D eigenvalue weighted by Crippen LogP contribution is 2.19. The highest BCUT2D eigenvalue weighted by molar-refractivity contribution is 6.39. The Balaban J connectivity index is 1.67. The smallest absolute Gasteiger partial charge is 0.407 e. The molecular formula is C13H21N3O4. The molecule has 7 nitrogen and oxygen atoms in total. The van der Waals surface area contributed by atoms with Gasteiger partial charge in [-0.1, -0.05) is 5.16 Å². The number of hydrogen-bond acceptors (Lipinski definition) is 5. The van der Waals surface area contributed by atoms with Crippen LogP contribution in [0.2, 0.25) is 0 Å². The molecule has 112 valence electrons. The topological polar surface area (TPSA) is 89.0 Å². The quantitative estimate of drug-likeness (QED) is 0.803. The number of oxime groups is 1.